The minimum atomic E-state index is -4.20. The number of halogens is 1. The second-order valence-corrected chi connectivity index (χ2v) is 6.78. The Bertz CT molecular complexity index is 654. The lowest BCUT2D eigenvalue weighted by Crippen LogP contribution is -2.34. The van der Waals surface area contributed by atoms with Gasteiger partial charge in [-0.1, -0.05) is 0 Å². The smallest absolute Gasteiger partial charge is 0.251 e. The Morgan fingerprint density at radius 2 is 2.05 bits per heavy atom. The van der Waals surface area contributed by atoms with Crippen LogP contribution in [0.15, 0.2) is 17.0 Å². The number of nitrogens with one attached hydrogen (secondary N) is 1. The first-order chi connectivity index (χ1) is 9.20. The Balaban J connectivity index is 2.32. The molecule has 7 heteroatoms. The van der Waals surface area contributed by atoms with Crippen LogP contribution in [-0.4, -0.2) is 20.4 Å². The van der Waals surface area contributed by atoms with E-state index in [2.05, 4.69) is 5.32 Å². The van der Waals surface area contributed by atoms with Crippen LogP contribution in [0.5, 0.6) is 0 Å². The Morgan fingerprint density at radius 1 is 1.45 bits per heavy atom. The van der Waals surface area contributed by atoms with E-state index in [0.29, 0.717) is 5.92 Å². The zero-order valence-electron chi connectivity index (χ0n) is 11.3. The summed E-state index contributed by atoms with van der Waals surface area (Å²) in [7, 11) is -4.20. The van der Waals surface area contributed by atoms with Gasteiger partial charge in [0.25, 0.3) is 5.91 Å². The van der Waals surface area contributed by atoms with Crippen molar-refractivity contribution in [3.63, 3.8) is 0 Å². The van der Waals surface area contributed by atoms with Crippen molar-refractivity contribution < 1.29 is 17.6 Å². The highest BCUT2D eigenvalue weighted by molar-refractivity contribution is 7.89. The molecule has 1 atom stereocenters. The van der Waals surface area contributed by atoms with Crippen LogP contribution in [0.1, 0.15) is 35.7 Å². The number of carbonyl (C=O) groups excluding carboxylic acids is 1. The van der Waals surface area contributed by atoms with E-state index in [9.17, 15) is 17.6 Å². The average Bonchev–Trinajstić information content (AvgIpc) is 3.14. The fraction of sp³-hybridized carbons (Fsp3) is 0.462. The number of benzene rings is 1. The van der Waals surface area contributed by atoms with Gasteiger partial charge in [-0.3, -0.25) is 4.79 Å². The Labute approximate surface area is 117 Å². The number of rotatable bonds is 4. The van der Waals surface area contributed by atoms with Crippen LogP contribution in [0, 0.1) is 18.7 Å². The minimum absolute atomic E-state index is 0.0193. The number of hydrogen-bond donors (Lipinski definition) is 2. The normalized spacial score (nSPS) is 16.8. The van der Waals surface area contributed by atoms with Crippen LogP contribution in [0.25, 0.3) is 0 Å². The van der Waals surface area contributed by atoms with E-state index < -0.39 is 26.6 Å². The second-order valence-electron chi connectivity index (χ2n) is 5.25. The summed E-state index contributed by atoms with van der Waals surface area (Å²) in [6.07, 6.45) is 2.15. The third-order valence-electron chi connectivity index (χ3n) is 3.48. The molecule has 0 heterocycles. The maximum atomic E-state index is 13.8. The molecule has 0 bridgehead atoms. The van der Waals surface area contributed by atoms with E-state index in [1.165, 1.54) is 13.0 Å². The Kier molecular flexibility index (Phi) is 3.84. The molecule has 5 nitrogen and oxygen atoms in total. The molecule has 110 valence electrons. The number of carbonyl (C=O) groups is 1. The standard InChI is InChI=1S/C13H17FN2O3S/c1-7-5-10(6-11(12(7)14)20(15,18)19)13(17)16-8(2)9-3-4-9/h5-6,8-9H,3-4H2,1-2H3,(H,16,17)(H2,15,18,19). The van der Waals surface area contributed by atoms with Gasteiger partial charge in [-0.05, 0) is 50.3 Å². The van der Waals surface area contributed by atoms with Crippen molar-refractivity contribution in [1.29, 1.82) is 0 Å². The molecule has 1 aromatic rings. The molecule has 1 saturated carbocycles. The molecule has 1 aromatic carbocycles. The number of aryl methyl sites for hydroxylation is 1. The van der Waals surface area contributed by atoms with Gasteiger partial charge in [-0.2, -0.15) is 0 Å². The lowest BCUT2D eigenvalue weighted by molar-refractivity contribution is 0.0935. The molecule has 2 rings (SSSR count). The van der Waals surface area contributed by atoms with E-state index in [0.717, 1.165) is 18.9 Å². The molecular weight excluding hydrogens is 283 g/mol. The van der Waals surface area contributed by atoms with Gasteiger partial charge in [0, 0.05) is 11.6 Å². The monoisotopic (exact) mass is 300 g/mol. The lowest BCUT2D eigenvalue weighted by Gasteiger charge is -2.14. The molecule has 0 spiro atoms. The number of hydrogen-bond acceptors (Lipinski definition) is 3. The molecule has 1 fully saturated rings. The summed E-state index contributed by atoms with van der Waals surface area (Å²) in [6.45, 7) is 3.29. The van der Waals surface area contributed by atoms with Crippen LogP contribution in [0.2, 0.25) is 0 Å². The van der Waals surface area contributed by atoms with Gasteiger partial charge >= 0.3 is 0 Å². The van der Waals surface area contributed by atoms with Crippen molar-refractivity contribution in [2.45, 2.75) is 37.6 Å². The van der Waals surface area contributed by atoms with Crippen LogP contribution in [0.4, 0.5) is 4.39 Å². The number of sulfonamides is 1. The first kappa shape index (κ1) is 14.9. The summed E-state index contributed by atoms with van der Waals surface area (Å²) in [4.78, 5) is 11.4. The molecule has 1 amide bonds. The zero-order chi connectivity index (χ0) is 15.1. The summed E-state index contributed by atoms with van der Waals surface area (Å²) in [5.74, 6) is -0.866. The van der Waals surface area contributed by atoms with Crippen LogP contribution in [0.3, 0.4) is 0 Å². The fourth-order valence-corrected chi connectivity index (χ4v) is 2.78. The van der Waals surface area contributed by atoms with Crippen molar-refractivity contribution in [2.75, 3.05) is 0 Å². The van der Waals surface area contributed by atoms with Crippen LogP contribution >= 0.6 is 0 Å². The van der Waals surface area contributed by atoms with Gasteiger partial charge in [0.2, 0.25) is 10.0 Å². The summed E-state index contributed by atoms with van der Waals surface area (Å²) in [6, 6.07) is 2.32. The molecule has 0 aliphatic heterocycles. The summed E-state index contributed by atoms with van der Waals surface area (Å²) in [5.41, 5.74) is 0.168. The fourth-order valence-electron chi connectivity index (χ4n) is 2.08. The van der Waals surface area contributed by atoms with Gasteiger partial charge in [0.1, 0.15) is 10.7 Å². The van der Waals surface area contributed by atoms with E-state index in [-0.39, 0.29) is 17.2 Å². The van der Waals surface area contributed by atoms with Crippen molar-refractivity contribution in [3.8, 4) is 0 Å². The van der Waals surface area contributed by atoms with Gasteiger partial charge in [0.15, 0.2) is 0 Å². The molecule has 1 unspecified atom stereocenters. The highest BCUT2D eigenvalue weighted by Crippen LogP contribution is 2.32. The Hall–Kier alpha value is -1.47. The predicted molar refractivity (Wildman–Crippen MR) is 72.2 cm³/mol. The molecule has 0 radical (unpaired) electrons. The van der Waals surface area contributed by atoms with Crippen molar-refractivity contribution in [2.24, 2.45) is 11.1 Å². The predicted octanol–water partition coefficient (Wildman–Crippen LogP) is 1.31. The quantitative estimate of drug-likeness (QED) is 0.878. The first-order valence-corrected chi connectivity index (χ1v) is 7.88. The SMILES string of the molecule is Cc1cc(C(=O)NC(C)C2CC2)cc(S(N)(=O)=O)c1F. The molecule has 20 heavy (non-hydrogen) atoms. The van der Waals surface area contributed by atoms with E-state index in [4.69, 9.17) is 5.14 Å². The van der Waals surface area contributed by atoms with E-state index >= 15 is 0 Å². The zero-order valence-corrected chi connectivity index (χ0v) is 12.1. The molecule has 1 aliphatic rings. The lowest BCUT2D eigenvalue weighted by atomic mass is 10.1. The maximum Gasteiger partial charge on any atom is 0.251 e. The topological polar surface area (TPSA) is 89.3 Å². The molecule has 3 N–H and O–H groups in total. The van der Waals surface area contributed by atoms with Gasteiger partial charge in [-0.25, -0.2) is 17.9 Å². The van der Waals surface area contributed by atoms with Gasteiger partial charge in [-0.15, -0.1) is 0 Å². The van der Waals surface area contributed by atoms with Crippen LogP contribution < -0.4 is 10.5 Å². The number of amides is 1. The van der Waals surface area contributed by atoms with Gasteiger partial charge < -0.3 is 5.32 Å². The molecule has 1 aliphatic carbocycles. The van der Waals surface area contributed by atoms with Crippen molar-refractivity contribution in [1.82, 2.24) is 5.32 Å². The van der Waals surface area contributed by atoms with Crippen molar-refractivity contribution >= 4 is 15.9 Å². The highest BCUT2D eigenvalue weighted by atomic mass is 32.2. The highest BCUT2D eigenvalue weighted by Gasteiger charge is 2.29. The minimum Gasteiger partial charge on any atom is -0.349 e. The number of primary sulfonamides is 1. The van der Waals surface area contributed by atoms with Crippen molar-refractivity contribution in [3.05, 3.63) is 29.1 Å². The average molecular weight is 300 g/mol. The summed E-state index contributed by atoms with van der Waals surface area (Å²) in [5, 5.41) is 7.74. The van der Waals surface area contributed by atoms with E-state index in [1.807, 2.05) is 6.92 Å². The molecular formula is C13H17FN2O3S. The van der Waals surface area contributed by atoms with Crippen LogP contribution in [-0.2, 0) is 10.0 Å². The van der Waals surface area contributed by atoms with E-state index in [1.54, 1.807) is 0 Å². The molecule has 0 saturated heterocycles. The molecule has 0 aromatic heterocycles. The summed E-state index contributed by atoms with van der Waals surface area (Å²) < 4.78 is 36.4. The number of nitrogens with two attached hydrogens (primary N) is 1. The third-order valence-corrected chi connectivity index (χ3v) is 4.39. The third kappa shape index (κ3) is 3.16. The Morgan fingerprint density at radius 3 is 2.55 bits per heavy atom. The first-order valence-electron chi connectivity index (χ1n) is 6.34. The largest absolute Gasteiger partial charge is 0.349 e. The second kappa shape index (κ2) is 5.14. The summed E-state index contributed by atoms with van der Waals surface area (Å²) >= 11 is 0. The maximum absolute atomic E-state index is 13.8. The van der Waals surface area contributed by atoms with Gasteiger partial charge in [0.05, 0.1) is 0 Å².